The van der Waals surface area contributed by atoms with Gasteiger partial charge < -0.3 is 4.90 Å². The number of hydrogen-bond donors (Lipinski definition) is 0. The van der Waals surface area contributed by atoms with Gasteiger partial charge in [-0.1, -0.05) is 6.07 Å². The number of carbonyl (C=O) groups is 1. The van der Waals surface area contributed by atoms with Crippen LogP contribution in [0.25, 0.3) is 0 Å². The van der Waals surface area contributed by atoms with Crippen LogP contribution in [0.4, 0.5) is 0 Å². The molecule has 0 N–H and O–H groups in total. The van der Waals surface area contributed by atoms with Gasteiger partial charge in [0.15, 0.2) is 0 Å². The predicted molar refractivity (Wildman–Crippen MR) is 85.6 cm³/mol. The summed E-state index contributed by atoms with van der Waals surface area (Å²) < 4.78 is 0. The number of piperidine rings is 1. The van der Waals surface area contributed by atoms with Gasteiger partial charge in [-0.3, -0.25) is 9.78 Å². The first-order valence-corrected chi connectivity index (χ1v) is 8.34. The van der Waals surface area contributed by atoms with E-state index in [0.717, 1.165) is 36.5 Å². The maximum absolute atomic E-state index is 12.5. The highest BCUT2D eigenvalue weighted by Crippen LogP contribution is 2.23. The molecule has 2 aromatic heterocycles. The number of hydrogen-bond acceptors (Lipinski definition) is 3. The molecule has 4 heteroatoms. The summed E-state index contributed by atoms with van der Waals surface area (Å²) in [6.45, 7) is 3.77. The van der Waals surface area contributed by atoms with Crippen molar-refractivity contribution in [2.45, 2.75) is 26.2 Å². The zero-order valence-electron chi connectivity index (χ0n) is 12.3. The van der Waals surface area contributed by atoms with E-state index < -0.39 is 0 Å². The summed E-state index contributed by atoms with van der Waals surface area (Å²) in [5.74, 6) is 0.720. The second kappa shape index (κ2) is 6.39. The third-order valence-corrected chi connectivity index (χ3v) is 5.01. The number of aryl methyl sites for hydroxylation is 1. The number of carbonyl (C=O) groups excluding carboxylic acids is 1. The molecule has 1 fully saturated rings. The van der Waals surface area contributed by atoms with Crippen LogP contribution in [0.1, 0.15) is 33.8 Å². The molecule has 1 aliphatic heterocycles. The summed E-state index contributed by atoms with van der Waals surface area (Å²) in [5, 5.41) is 2.04. The predicted octanol–water partition coefficient (Wildman–Crippen LogP) is 3.55. The number of rotatable bonds is 3. The van der Waals surface area contributed by atoms with Gasteiger partial charge in [0.25, 0.3) is 5.91 Å². The normalized spacial score (nSPS) is 18.7. The Bertz CT molecular complexity index is 608. The van der Waals surface area contributed by atoms with Crippen molar-refractivity contribution in [3.8, 4) is 0 Å². The quantitative estimate of drug-likeness (QED) is 0.868. The Morgan fingerprint density at radius 1 is 1.48 bits per heavy atom. The molecule has 0 aliphatic carbocycles. The van der Waals surface area contributed by atoms with E-state index in [9.17, 15) is 4.79 Å². The molecule has 1 unspecified atom stereocenters. The smallest absolute Gasteiger partial charge is 0.263 e. The molecule has 1 aliphatic rings. The molecule has 0 bridgehead atoms. The van der Waals surface area contributed by atoms with Crippen molar-refractivity contribution in [2.24, 2.45) is 5.92 Å². The van der Waals surface area contributed by atoms with Gasteiger partial charge in [-0.2, -0.15) is 0 Å². The van der Waals surface area contributed by atoms with Crippen LogP contribution in [0.2, 0.25) is 0 Å². The summed E-state index contributed by atoms with van der Waals surface area (Å²) in [5.41, 5.74) is 2.30. The van der Waals surface area contributed by atoms with Gasteiger partial charge in [0, 0.05) is 25.0 Å². The van der Waals surface area contributed by atoms with Crippen LogP contribution >= 0.6 is 11.3 Å². The van der Waals surface area contributed by atoms with Gasteiger partial charge in [-0.15, -0.1) is 11.3 Å². The Morgan fingerprint density at radius 3 is 3.10 bits per heavy atom. The van der Waals surface area contributed by atoms with Crippen molar-refractivity contribution < 1.29 is 4.79 Å². The minimum Gasteiger partial charge on any atom is -0.338 e. The summed E-state index contributed by atoms with van der Waals surface area (Å²) in [4.78, 5) is 19.8. The number of likely N-dealkylation sites (tertiary alicyclic amines) is 1. The Hall–Kier alpha value is -1.68. The molecule has 2 aromatic rings. The lowest BCUT2D eigenvalue weighted by Crippen LogP contribution is -2.40. The van der Waals surface area contributed by atoms with Crippen molar-refractivity contribution in [3.05, 3.63) is 52.0 Å². The van der Waals surface area contributed by atoms with E-state index in [1.54, 1.807) is 11.3 Å². The zero-order valence-corrected chi connectivity index (χ0v) is 13.1. The Morgan fingerprint density at radius 2 is 2.38 bits per heavy atom. The van der Waals surface area contributed by atoms with E-state index in [0.29, 0.717) is 5.92 Å². The first-order chi connectivity index (χ1) is 10.2. The molecular weight excluding hydrogens is 280 g/mol. The first-order valence-electron chi connectivity index (χ1n) is 7.46. The molecule has 1 amide bonds. The first kappa shape index (κ1) is 14.3. The largest absolute Gasteiger partial charge is 0.338 e. The third-order valence-electron chi connectivity index (χ3n) is 3.97. The van der Waals surface area contributed by atoms with E-state index in [4.69, 9.17) is 0 Å². The Labute approximate surface area is 129 Å². The van der Waals surface area contributed by atoms with Gasteiger partial charge in [-0.25, -0.2) is 0 Å². The van der Waals surface area contributed by atoms with Crippen LogP contribution in [0.3, 0.4) is 0 Å². The van der Waals surface area contributed by atoms with Crippen LogP contribution in [0.5, 0.6) is 0 Å². The summed E-state index contributed by atoms with van der Waals surface area (Å²) in [6, 6.07) is 8.04. The topological polar surface area (TPSA) is 33.2 Å². The van der Waals surface area contributed by atoms with Crippen molar-refractivity contribution >= 4 is 17.2 Å². The second-order valence-corrected chi connectivity index (χ2v) is 6.68. The van der Waals surface area contributed by atoms with Gasteiger partial charge in [-0.05, 0) is 61.2 Å². The van der Waals surface area contributed by atoms with Crippen LogP contribution in [-0.2, 0) is 6.42 Å². The molecule has 0 spiro atoms. The lowest BCUT2D eigenvalue weighted by atomic mass is 9.93. The second-order valence-electron chi connectivity index (χ2n) is 5.77. The van der Waals surface area contributed by atoms with E-state index in [-0.39, 0.29) is 5.91 Å². The molecule has 1 saturated heterocycles. The van der Waals surface area contributed by atoms with Gasteiger partial charge in [0.1, 0.15) is 0 Å². The Balaban J connectivity index is 1.64. The van der Waals surface area contributed by atoms with E-state index in [2.05, 4.69) is 11.1 Å². The highest BCUT2D eigenvalue weighted by molar-refractivity contribution is 7.12. The Kier molecular flexibility index (Phi) is 4.34. The van der Waals surface area contributed by atoms with Crippen LogP contribution in [0, 0.1) is 12.8 Å². The fourth-order valence-electron chi connectivity index (χ4n) is 2.93. The van der Waals surface area contributed by atoms with Crippen LogP contribution < -0.4 is 0 Å². The molecule has 110 valence electrons. The molecule has 0 radical (unpaired) electrons. The number of thiophene rings is 1. The molecular formula is C17H20N2OS. The lowest BCUT2D eigenvalue weighted by Gasteiger charge is -2.32. The number of amides is 1. The molecule has 1 atom stereocenters. The minimum atomic E-state index is 0.193. The summed E-state index contributed by atoms with van der Waals surface area (Å²) in [6.07, 6.45) is 5.08. The lowest BCUT2D eigenvalue weighted by molar-refractivity contribution is 0.0677. The SMILES string of the molecule is Cc1csc(C(=O)N2CCCC(Cc3ccccn3)C2)c1. The van der Waals surface area contributed by atoms with Crippen LogP contribution in [-0.4, -0.2) is 28.9 Å². The number of aromatic nitrogens is 1. The maximum atomic E-state index is 12.5. The van der Waals surface area contributed by atoms with Gasteiger partial charge in [0.2, 0.25) is 0 Å². The number of pyridine rings is 1. The molecule has 3 rings (SSSR count). The average Bonchev–Trinajstić information content (AvgIpc) is 2.94. The molecule has 0 aromatic carbocycles. The van der Waals surface area contributed by atoms with Crippen molar-refractivity contribution in [2.75, 3.05) is 13.1 Å². The van der Waals surface area contributed by atoms with Crippen molar-refractivity contribution in [1.82, 2.24) is 9.88 Å². The van der Waals surface area contributed by atoms with Crippen molar-refractivity contribution in [1.29, 1.82) is 0 Å². The van der Waals surface area contributed by atoms with E-state index in [1.165, 1.54) is 12.0 Å². The van der Waals surface area contributed by atoms with Crippen LogP contribution in [0.15, 0.2) is 35.8 Å². The van der Waals surface area contributed by atoms with Crippen molar-refractivity contribution in [3.63, 3.8) is 0 Å². The monoisotopic (exact) mass is 300 g/mol. The van der Waals surface area contributed by atoms with E-state index in [1.807, 2.05) is 41.6 Å². The molecule has 3 nitrogen and oxygen atoms in total. The van der Waals surface area contributed by atoms with Gasteiger partial charge in [0.05, 0.1) is 4.88 Å². The molecule has 21 heavy (non-hydrogen) atoms. The van der Waals surface area contributed by atoms with E-state index >= 15 is 0 Å². The average molecular weight is 300 g/mol. The third kappa shape index (κ3) is 3.50. The zero-order chi connectivity index (χ0) is 14.7. The fourth-order valence-corrected chi connectivity index (χ4v) is 3.79. The van der Waals surface area contributed by atoms with Gasteiger partial charge >= 0.3 is 0 Å². The molecule has 0 saturated carbocycles. The molecule has 3 heterocycles. The maximum Gasteiger partial charge on any atom is 0.263 e. The summed E-state index contributed by atoms with van der Waals surface area (Å²) >= 11 is 1.55. The highest BCUT2D eigenvalue weighted by atomic mass is 32.1. The number of nitrogens with zero attached hydrogens (tertiary/aromatic N) is 2. The minimum absolute atomic E-state index is 0.193. The summed E-state index contributed by atoms with van der Waals surface area (Å²) in [7, 11) is 0. The standard InChI is InChI=1S/C17H20N2OS/c1-13-9-16(21-12-13)17(20)19-8-4-5-14(11-19)10-15-6-2-3-7-18-15/h2-3,6-7,9,12,14H,4-5,8,10-11H2,1H3. The fraction of sp³-hybridized carbons (Fsp3) is 0.412. The highest BCUT2D eigenvalue weighted by Gasteiger charge is 2.25.